The molecule has 0 atom stereocenters. The van der Waals surface area contributed by atoms with Crippen LogP contribution in [-0.2, 0) is 16.7 Å². The number of pyridine rings is 2. The molecule has 10 nitrogen and oxygen atoms in total. The molecule has 1 saturated heterocycles. The lowest BCUT2D eigenvalue weighted by Gasteiger charge is -2.21. The highest BCUT2D eigenvalue weighted by atomic mass is 19.1. The summed E-state index contributed by atoms with van der Waals surface area (Å²) < 4.78 is 22.4. The standard InChI is InChI=1S/C29H27FN8O2/c1-16-8-22(30)23(36-27(39)24-10-18(4-5-32-24)29(2,3)15-31)11-20(16)21-9-17-12-34-28(35-19-13-40-14-19)37-25(17)38-7-6-33-26(21)38/h4-5,8-12,19,33H,6-7,13-14H2,1-3H3,(H,36,39). The SMILES string of the molecule is Cc1cc(F)c(NC(=O)c2cc(C(C)(C)C#N)ccn2)cc1-c1cc2cnc(=NC3COC3)nc-2n2c1NCC2. The Morgan fingerprint density at radius 2 is 2.08 bits per heavy atom. The van der Waals surface area contributed by atoms with Crippen molar-refractivity contribution in [3.63, 3.8) is 0 Å². The van der Waals surface area contributed by atoms with Gasteiger partial charge >= 0.3 is 0 Å². The third kappa shape index (κ3) is 4.56. The van der Waals surface area contributed by atoms with Crippen LogP contribution in [0, 0.1) is 24.1 Å². The van der Waals surface area contributed by atoms with Crippen LogP contribution in [0.3, 0.4) is 0 Å². The maximum Gasteiger partial charge on any atom is 0.274 e. The highest BCUT2D eigenvalue weighted by molar-refractivity contribution is 6.03. The normalized spacial score (nSPS) is 15.3. The van der Waals surface area contributed by atoms with Crippen LogP contribution in [-0.4, -0.2) is 51.2 Å². The molecule has 1 aromatic carbocycles. The van der Waals surface area contributed by atoms with E-state index in [9.17, 15) is 10.1 Å². The number of nitrogens with one attached hydrogen (secondary N) is 2. The number of nitriles is 1. The van der Waals surface area contributed by atoms with E-state index in [0.717, 1.165) is 28.3 Å². The smallest absolute Gasteiger partial charge is 0.274 e. The molecule has 11 heteroatoms. The predicted molar refractivity (Wildman–Crippen MR) is 146 cm³/mol. The van der Waals surface area contributed by atoms with Crippen LogP contribution < -0.4 is 16.3 Å². The Bertz CT molecular complexity index is 1740. The van der Waals surface area contributed by atoms with Crippen LogP contribution in [0.15, 0.2) is 47.7 Å². The second-order valence-electron chi connectivity index (χ2n) is 10.5. The molecule has 0 aliphatic carbocycles. The van der Waals surface area contributed by atoms with Gasteiger partial charge < -0.3 is 19.9 Å². The van der Waals surface area contributed by atoms with Crippen molar-refractivity contribution in [2.75, 3.05) is 30.4 Å². The minimum atomic E-state index is -0.800. The molecule has 4 aliphatic rings. The Kier molecular flexibility index (Phi) is 6.27. The third-order valence-electron chi connectivity index (χ3n) is 7.26. The van der Waals surface area contributed by atoms with Crippen LogP contribution >= 0.6 is 0 Å². The molecule has 202 valence electrons. The third-order valence-corrected chi connectivity index (χ3v) is 7.26. The molecule has 5 heterocycles. The molecule has 0 saturated carbocycles. The van der Waals surface area contributed by atoms with Gasteiger partial charge in [-0.2, -0.15) is 10.2 Å². The molecule has 1 fully saturated rings. The topological polar surface area (TPSA) is 130 Å². The van der Waals surface area contributed by atoms with Crippen LogP contribution in [0.1, 0.15) is 35.5 Å². The van der Waals surface area contributed by atoms with E-state index >= 15 is 4.39 Å². The lowest BCUT2D eigenvalue weighted by molar-refractivity contribution is 0.0112. The molecule has 6 rings (SSSR count). The van der Waals surface area contributed by atoms with Crippen molar-refractivity contribution in [3.05, 3.63) is 71.0 Å². The fourth-order valence-corrected chi connectivity index (χ4v) is 4.84. The predicted octanol–water partition coefficient (Wildman–Crippen LogP) is 3.67. The van der Waals surface area contributed by atoms with Crippen molar-refractivity contribution in [2.45, 2.75) is 38.8 Å². The van der Waals surface area contributed by atoms with Gasteiger partial charge in [0.05, 0.1) is 30.4 Å². The summed E-state index contributed by atoms with van der Waals surface area (Å²) in [4.78, 5) is 30.9. The summed E-state index contributed by atoms with van der Waals surface area (Å²) in [6.07, 6.45) is 3.22. The van der Waals surface area contributed by atoms with Crippen LogP contribution in [0.4, 0.5) is 15.9 Å². The average molecular weight is 539 g/mol. The van der Waals surface area contributed by atoms with E-state index in [1.807, 2.05) is 13.0 Å². The van der Waals surface area contributed by atoms with Gasteiger partial charge in [0.2, 0.25) is 5.62 Å². The minimum absolute atomic E-state index is 0.0299. The van der Waals surface area contributed by atoms with Crippen molar-refractivity contribution in [1.82, 2.24) is 19.5 Å². The second kappa shape index (κ2) is 9.81. The largest absolute Gasteiger partial charge is 0.377 e. The summed E-state index contributed by atoms with van der Waals surface area (Å²) in [5.74, 6) is 0.485. The van der Waals surface area contributed by atoms with Gasteiger partial charge in [-0.05, 0) is 67.8 Å². The van der Waals surface area contributed by atoms with E-state index in [0.29, 0.717) is 43.0 Å². The quantitative estimate of drug-likeness (QED) is 0.397. The molecule has 4 aliphatic heterocycles. The number of rotatable bonds is 5. The van der Waals surface area contributed by atoms with Crippen molar-refractivity contribution in [2.24, 2.45) is 4.99 Å². The van der Waals surface area contributed by atoms with Gasteiger partial charge in [-0.1, -0.05) is 0 Å². The fraction of sp³-hybridized carbons (Fsp3) is 0.310. The first-order valence-corrected chi connectivity index (χ1v) is 13.0. The molecule has 1 aromatic heterocycles. The number of amides is 1. The first kappa shape index (κ1) is 25.6. The number of aryl methyl sites for hydroxylation is 1. The Balaban J connectivity index is 1.38. The molecule has 0 bridgehead atoms. The number of halogens is 1. The summed E-state index contributed by atoms with van der Waals surface area (Å²) in [6, 6.07) is 10.6. The van der Waals surface area contributed by atoms with Gasteiger partial charge in [0.1, 0.15) is 29.2 Å². The first-order chi connectivity index (χ1) is 19.2. The molecule has 1 amide bonds. The highest BCUT2D eigenvalue weighted by Gasteiger charge is 2.25. The average Bonchev–Trinajstić information content (AvgIpc) is 3.42. The summed E-state index contributed by atoms with van der Waals surface area (Å²) >= 11 is 0. The summed E-state index contributed by atoms with van der Waals surface area (Å²) in [6.45, 7) is 7.91. The van der Waals surface area contributed by atoms with E-state index in [4.69, 9.17) is 9.72 Å². The molecule has 2 aromatic rings. The van der Waals surface area contributed by atoms with E-state index in [-0.39, 0.29) is 17.4 Å². The maximum absolute atomic E-state index is 15.1. The Morgan fingerprint density at radius 1 is 1.25 bits per heavy atom. The van der Waals surface area contributed by atoms with Gasteiger partial charge in [-0.3, -0.25) is 9.78 Å². The minimum Gasteiger partial charge on any atom is -0.377 e. The number of carbonyl (C=O) groups is 1. The van der Waals surface area contributed by atoms with Crippen LogP contribution in [0.5, 0.6) is 0 Å². The van der Waals surface area contributed by atoms with Crippen LogP contribution in [0.25, 0.3) is 22.5 Å². The van der Waals surface area contributed by atoms with Crippen molar-refractivity contribution < 1.29 is 13.9 Å². The zero-order valence-corrected chi connectivity index (χ0v) is 22.3. The molecule has 40 heavy (non-hydrogen) atoms. The molecule has 0 unspecified atom stereocenters. The summed E-state index contributed by atoms with van der Waals surface area (Å²) in [7, 11) is 0. The van der Waals surface area contributed by atoms with Crippen molar-refractivity contribution >= 4 is 17.4 Å². The van der Waals surface area contributed by atoms with Crippen molar-refractivity contribution in [1.29, 1.82) is 5.26 Å². The highest BCUT2D eigenvalue weighted by Crippen LogP contribution is 2.39. The molecule has 2 N–H and O–H groups in total. The number of benzene rings is 1. The van der Waals surface area contributed by atoms with E-state index in [1.165, 1.54) is 12.3 Å². The number of anilines is 2. The maximum atomic E-state index is 15.1. The summed E-state index contributed by atoms with van der Waals surface area (Å²) in [5.41, 5.74) is 3.52. The Hall–Kier alpha value is -4.69. The zero-order chi connectivity index (χ0) is 28.0. The van der Waals surface area contributed by atoms with E-state index in [1.54, 1.807) is 38.2 Å². The summed E-state index contributed by atoms with van der Waals surface area (Å²) in [5, 5.41) is 15.6. The first-order valence-electron chi connectivity index (χ1n) is 13.0. The van der Waals surface area contributed by atoms with Crippen LogP contribution in [0.2, 0.25) is 0 Å². The number of hydrogen-bond acceptors (Lipinski definition) is 8. The van der Waals surface area contributed by atoms with Gasteiger partial charge in [0.25, 0.3) is 5.91 Å². The number of carbonyl (C=O) groups excluding carboxylic acids is 1. The fourth-order valence-electron chi connectivity index (χ4n) is 4.84. The monoisotopic (exact) mass is 538 g/mol. The molecule has 0 radical (unpaired) electrons. The Morgan fingerprint density at radius 3 is 2.83 bits per heavy atom. The molecule has 0 spiro atoms. The van der Waals surface area contributed by atoms with Crippen molar-refractivity contribution in [3.8, 4) is 28.6 Å². The number of aromatic nitrogens is 4. The molecular formula is C29H27FN8O2. The van der Waals surface area contributed by atoms with E-state index in [2.05, 4.69) is 36.2 Å². The number of nitrogens with zero attached hydrogens (tertiary/aromatic N) is 6. The van der Waals surface area contributed by atoms with Gasteiger partial charge in [0, 0.05) is 36.6 Å². The number of hydrogen-bond donors (Lipinski definition) is 2. The Labute approximate surface area is 230 Å². The second-order valence-corrected chi connectivity index (χ2v) is 10.5. The number of ether oxygens (including phenoxy) is 1. The van der Waals surface area contributed by atoms with E-state index < -0.39 is 17.1 Å². The zero-order valence-electron chi connectivity index (χ0n) is 22.3. The van der Waals surface area contributed by atoms with Gasteiger partial charge in [-0.25, -0.2) is 14.4 Å². The number of fused-ring (bicyclic) bond motifs is 3. The lowest BCUT2D eigenvalue weighted by Crippen LogP contribution is -2.34. The molecular weight excluding hydrogens is 511 g/mol. The lowest BCUT2D eigenvalue weighted by atomic mass is 9.86. The van der Waals surface area contributed by atoms with Gasteiger partial charge in [-0.15, -0.1) is 0 Å². The van der Waals surface area contributed by atoms with Gasteiger partial charge in [0.15, 0.2) is 0 Å².